The maximum atomic E-state index is 6.67. The lowest BCUT2D eigenvalue weighted by atomic mass is 9.83. The van der Waals surface area contributed by atoms with Crippen molar-refractivity contribution in [3.8, 4) is 5.75 Å². The highest BCUT2D eigenvalue weighted by Crippen LogP contribution is 2.39. The zero-order chi connectivity index (χ0) is 13.9. The van der Waals surface area contributed by atoms with Crippen molar-refractivity contribution in [1.82, 2.24) is 0 Å². The number of hydrogen-bond donors (Lipinski definition) is 1. The maximum absolute atomic E-state index is 6.67. The first-order valence-corrected chi connectivity index (χ1v) is 7.59. The van der Waals surface area contributed by atoms with Crippen LogP contribution in [0.5, 0.6) is 5.75 Å². The SMILES string of the molecule is CCC1CCCC(N)(c2ccc(Cl)c(OC)c2)CC1. The van der Waals surface area contributed by atoms with Gasteiger partial charge >= 0.3 is 0 Å². The summed E-state index contributed by atoms with van der Waals surface area (Å²) in [6, 6.07) is 5.96. The second kappa shape index (κ2) is 6.15. The summed E-state index contributed by atoms with van der Waals surface area (Å²) in [4.78, 5) is 0. The van der Waals surface area contributed by atoms with Crippen LogP contribution in [-0.4, -0.2) is 7.11 Å². The van der Waals surface area contributed by atoms with Crippen molar-refractivity contribution in [2.24, 2.45) is 11.7 Å². The molecule has 0 saturated heterocycles. The number of rotatable bonds is 3. The van der Waals surface area contributed by atoms with Gasteiger partial charge in [0, 0.05) is 5.54 Å². The zero-order valence-electron chi connectivity index (χ0n) is 11.9. The molecule has 19 heavy (non-hydrogen) atoms. The molecule has 2 rings (SSSR count). The Morgan fingerprint density at radius 1 is 1.37 bits per heavy atom. The van der Waals surface area contributed by atoms with E-state index >= 15 is 0 Å². The van der Waals surface area contributed by atoms with E-state index in [9.17, 15) is 0 Å². The fraction of sp³-hybridized carbons (Fsp3) is 0.625. The van der Waals surface area contributed by atoms with Crippen LogP contribution in [0.25, 0.3) is 0 Å². The van der Waals surface area contributed by atoms with Gasteiger partial charge in [0.1, 0.15) is 5.75 Å². The number of methoxy groups -OCH3 is 1. The summed E-state index contributed by atoms with van der Waals surface area (Å²) in [6.45, 7) is 2.28. The molecule has 1 aliphatic carbocycles. The number of hydrogen-bond acceptors (Lipinski definition) is 2. The first-order chi connectivity index (χ1) is 9.09. The van der Waals surface area contributed by atoms with Gasteiger partial charge in [-0.1, -0.05) is 43.9 Å². The van der Waals surface area contributed by atoms with Gasteiger partial charge in [0.05, 0.1) is 12.1 Å². The molecule has 1 saturated carbocycles. The average Bonchev–Trinajstić information content (AvgIpc) is 2.62. The number of benzene rings is 1. The fourth-order valence-electron chi connectivity index (χ4n) is 3.10. The van der Waals surface area contributed by atoms with Gasteiger partial charge in [-0.05, 0) is 42.9 Å². The van der Waals surface area contributed by atoms with Crippen molar-refractivity contribution in [1.29, 1.82) is 0 Å². The lowest BCUT2D eigenvalue weighted by molar-refractivity contribution is 0.367. The summed E-state index contributed by atoms with van der Waals surface area (Å²) < 4.78 is 5.31. The Morgan fingerprint density at radius 3 is 2.84 bits per heavy atom. The van der Waals surface area contributed by atoms with Crippen LogP contribution in [0.4, 0.5) is 0 Å². The van der Waals surface area contributed by atoms with Crippen LogP contribution in [0.3, 0.4) is 0 Å². The van der Waals surface area contributed by atoms with Gasteiger partial charge in [-0.2, -0.15) is 0 Å². The molecule has 1 aliphatic rings. The Bertz CT molecular complexity index is 435. The van der Waals surface area contributed by atoms with Crippen molar-refractivity contribution in [2.75, 3.05) is 7.11 Å². The molecule has 2 unspecified atom stereocenters. The van der Waals surface area contributed by atoms with Gasteiger partial charge in [0.15, 0.2) is 0 Å². The minimum absolute atomic E-state index is 0.220. The van der Waals surface area contributed by atoms with E-state index in [1.807, 2.05) is 12.1 Å². The predicted octanol–water partition coefficient (Wildman–Crippen LogP) is 4.49. The molecule has 2 N–H and O–H groups in total. The van der Waals surface area contributed by atoms with Crippen molar-refractivity contribution in [3.63, 3.8) is 0 Å². The quantitative estimate of drug-likeness (QED) is 0.829. The Balaban J connectivity index is 2.23. The summed E-state index contributed by atoms with van der Waals surface area (Å²) in [5.41, 5.74) is 7.61. The first-order valence-electron chi connectivity index (χ1n) is 7.22. The fourth-order valence-corrected chi connectivity index (χ4v) is 3.30. The first kappa shape index (κ1) is 14.7. The molecular formula is C16H24ClNO. The molecular weight excluding hydrogens is 258 g/mol. The molecule has 0 aliphatic heterocycles. The Kier molecular flexibility index (Phi) is 4.75. The maximum Gasteiger partial charge on any atom is 0.137 e. The molecule has 106 valence electrons. The lowest BCUT2D eigenvalue weighted by Crippen LogP contribution is -2.36. The van der Waals surface area contributed by atoms with E-state index in [1.54, 1.807) is 7.11 Å². The molecule has 0 aromatic heterocycles. The van der Waals surface area contributed by atoms with Gasteiger partial charge in [-0.3, -0.25) is 0 Å². The van der Waals surface area contributed by atoms with Crippen LogP contribution in [0.15, 0.2) is 18.2 Å². The molecule has 2 nitrogen and oxygen atoms in total. The molecule has 0 amide bonds. The monoisotopic (exact) mass is 281 g/mol. The normalized spacial score (nSPS) is 27.9. The van der Waals surface area contributed by atoms with Crippen LogP contribution >= 0.6 is 11.6 Å². The largest absolute Gasteiger partial charge is 0.495 e. The van der Waals surface area contributed by atoms with Crippen LogP contribution in [0.2, 0.25) is 5.02 Å². The summed E-state index contributed by atoms with van der Waals surface area (Å²) >= 11 is 6.09. The summed E-state index contributed by atoms with van der Waals surface area (Å²) in [5.74, 6) is 1.56. The van der Waals surface area contributed by atoms with Crippen molar-refractivity contribution >= 4 is 11.6 Å². The third kappa shape index (κ3) is 3.24. The molecule has 0 spiro atoms. The lowest BCUT2D eigenvalue weighted by Gasteiger charge is -2.29. The van der Waals surface area contributed by atoms with Gasteiger partial charge in [0.2, 0.25) is 0 Å². The molecule has 0 bridgehead atoms. The van der Waals surface area contributed by atoms with Crippen molar-refractivity contribution in [3.05, 3.63) is 28.8 Å². The van der Waals surface area contributed by atoms with Crippen LogP contribution in [0.1, 0.15) is 51.0 Å². The van der Waals surface area contributed by atoms with Crippen molar-refractivity contribution < 1.29 is 4.74 Å². The van der Waals surface area contributed by atoms with Crippen molar-refractivity contribution in [2.45, 2.75) is 51.0 Å². The highest BCUT2D eigenvalue weighted by Gasteiger charge is 2.31. The predicted molar refractivity (Wildman–Crippen MR) is 80.7 cm³/mol. The molecule has 0 heterocycles. The summed E-state index contributed by atoms with van der Waals surface area (Å²) in [5, 5.41) is 0.648. The highest BCUT2D eigenvalue weighted by atomic mass is 35.5. The van der Waals surface area contributed by atoms with Gasteiger partial charge in [-0.25, -0.2) is 0 Å². The van der Waals surface area contributed by atoms with E-state index in [2.05, 4.69) is 13.0 Å². The minimum atomic E-state index is -0.220. The average molecular weight is 282 g/mol. The van der Waals surface area contributed by atoms with E-state index in [0.29, 0.717) is 5.02 Å². The number of nitrogens with two attached hydrogens (primary N) is 1. The zero-order valence-corrected chi connectivity index (χ0v) is 12.7. The van der Waals surface area contributed by atoms with E-state index in [1.165, 1.54) is 25.7 Å². The highest BCUT2D eigenvalue weighted by molar-refractivity contribution is 6.32. The third-order valence-electron chi connectivity index (χ3n) is 4.54. The van der Waals surface area contributed by atoms with Crippen LogP contribution < -0.4 is 10.5 Å². The summed E-state index contributed by atoms with van der Waals surface area (Å²) in [6.07, 6.45) is 7.10. The third-order valence-corrected chi connectivity index (χ3v) is 4.85. The van der Waals surface area contributed by atoms with Crippen LogP contribution in [0, 0.1) is 5.92 Å². The Morgan fingerprint density at radius 2 is 2.16 bits per heavy atom. The van der Waals surface area contributed by atoms with E-state index in [4.69, 9.17) is 22.1 Å². The summed E-state index contributed by atoms with van der Waals surface area (Å²) in [7, 11) is 1.65. The Labute approximate surface area is 121 Å². The second-order valence-electron chi connectivity index (χ2n) is 5.71. The molecule has 0 radical (unpaired) electrons. The van der Waals surface area contributed by atoms with E-state index < -0.39 is 0 Å². The number of halogens is 1. The molecule has 1 aromatic carbocycles. The topological polar surface area (TPSA) is 35.2 Å². The second-order valence-corrected chi connectivity index (χ2v) is 6.12. The smallest absolute Gasteiger partial charge is 0.137 e. The van der Waals surface area contributed by atoms with E-state index in [0.717, 1.165) is 30.1 Å². The van der Waals surface area contributed by atoms with Gasteiger partial charge in [-0.15, -0.1) is 0 Å². The van der Waals surface area contributed by atoms with Gasteiger partial charge in [0.25, 0.3) is 0 Å². The molecule has 2 atom stereocenters. The minimum Gasteiger partial charge on any atom is -0.495 e. The van der Waals surface area contributed by atoms with Gasteiger partial charge < -0.3 is 10.5 Å². The molecule has 1 aromatic rings. The van der Waals surface area contributed by atoms with Crippen LogP contribution in [-0.2, 0) is 5.54 Å². The molecule has 1 fully saturated rings. The molecule has 3 heteroatoms. The Hall–Kier alpha value is -0.730. The number of ether oxygens (including phenoxy) is 1. The van der Waals surface area contributed by atoms with E-state index in [-0.39, 0.29) is 5.54 Å². The standard InChI is InChI=1S/C16H24ClNO/c1-3-12-5-4-9-16(18,10-8-12)13-6-7-14(17)15(11-13)19-2/h6-7,11-12H,3-5,8-10,18H2,1-2H3.